The van der Waals surface area contributed by atoms with Gasteiger partial charge in [0, 0.05) is 5.69 Å². The Morgan fingerprint density at radius 1 is 1.10 bits per heavy atom. The van der Waals surface area contributed by atoms with Gasteiger partial charge in [0.25, 0.3) is 5.82 Å². The summed E-state index contributed by atoms with van der Waals surface area (Å²) in [6.45, 7) is -0.480. The Morgan fingerprint density at radius 3 is 2.13 bits per heavy atom. The van der Waals surface area contributed by atoms with Crippen LogP contribution in [0.2, 0.25) is 0 Å². The standard InChI is InChI=1S/C17H17F3N4O6/c1-24(8-13-22-16(23-30-13)17(18,19)20)7-12(25)21-11-5-9(14(26)28-2)4-10(6-11)15(27)29-3/h4-6H,7-8H2,1-3H3,(H,21,25). The van der Waals surface area contributed by atoms with Gasteiger partial charge in [-0.2, -0.15) is 18.2 Å². The number of rotatable bonds is 7. The van der Waals surface area contributed by atoms with Crippen LogP contribution in [-0.4, -0.2) is 60.7 Å². The van der Waals surface area contributed by atoms with E-state index in [2.05, 4.69) is 29.5 Å². The van der Waals surface area contributed by atoms with Crippen molar-refractivity contribution in [3.8, 4) is 0 Å². The summed E-state index contributed by atoms with van der Waals surface area (Å²) in [6, 6.07) is 3.83. The molecule has 0 spiro atoms. The van der Waals surface area contributed by atoms with Gasteiger partial charge in [-0.15, -0.1) is 0 Å². The van der Waals surface area contributed by atoms with Crippen molar-refractivity contribution in [1.29, 1.82) is 0 Å². The summed E-state index contributed by atoms with van der Waals surface area (Å²) in [5, 5.41) is 5.31. The molecule has 0 atom stereocenters. The summed E-state index contributed by atoms with van der Waals surface area (Å²) in [7, 11) is 3.76. The molecule has 1 N–H and O–H groups in total. The maximum absolute atomic E-state index is 12.5. The third kappa shape index (κ3) is 6.01. The molecule has 10 nitrogen and oxygen atoms in total. The fourth-order valence-electron chi connectivity index (χ4n) is 2.34. The van der Waals surface area contributed by atoms with E-state index in [1.165, 1.54) is 30.1 Å². The number of hydrogen-bond donors (Lipinski definition) is 1. The number of ether oxygens (including phenoxy) is 2. The Balaban J connectivity index is 2.06. The highest BCUT2D eigenvalue weighted by atomic mass is 19.4. The second-order valence-electron chi connectivity index (χ2n) is 6.01. The maximum atomic E-state index is 12.5. The van der Waals surface area contributed by atoms with Gasteiger partial charge in [-0.25, -0.2) is 9.59 Å². The number of alkyl halides is 3. The fourth-order valence-corrected chi connectivity index (χ4v) is 2.34. The Labute approximate surface area is 167 Å². The number of hydrogen-bond acceptors (Lipinski definition) is 9. The number of aromatic nitrogens is 2. The molecule has 13 heteroatoms. The molecule has 0 bridgehead atoms. The summed E-state index contributed by atoms with van der Waals surface area (Å²) in [5.41, 5.74) is 0.137. The molecule has 2 rings (SSSR count). The Morgan fingerprint density at radius 2 is 1.67 bits per heavy atom. The Kier molecular flexibility index (Phi) is 7.10. The number of nitrogens with one attached hydrogen (secondary N) is 1. The highest BCUT2D eigenvalue weighted by Gasteiger charge is 2.37. The van der Waals surface area contributed by atoms with E-state index in [0.29, 0.717) is 0 Å². The van der Waals surface area contributed by atoms with Crippen LogP contribution < -0.4 is 5.32 Å². The van der Waals surface area contributed by atoms with Crippen molar-refractivity contribution in [3.05, 3.63) is 41.0 Å². The van der Waals surface area contributed by atoms with Crippen molar-refractivity contribution < 1.29 is 41.6 Å². The Hall–Kier alpha value is -3.48. The number of carbonyl (C=O) groups excluding carboxylic acids is 3. The molecule has 0 aliphatic heterocycles. The molecule has 0 fully saturated rings. The normalized spacial score (nSPS) is 11.3. The third-order valence-corrected chi connectivity index (χ3v) is 3.60. The van der Waals surface area contributed by atoms with Gasteiger partial charge < -0.3 is 19.3 Å². The summed E-state index contributed by atoms with van der Waals surface area (Å²) < 4.78 is 51.2. The third-order valence-electron chi connectivity index (χ3n) is 3.60. The second-order valence-corrected chi connectivity index (χ2v) is 6.01. The van der Waals surface area contributed by atoms with Gasteiger partial charge in [-0.3, -0.25) is 9.69 Å². The molecule has 1 amide bonds. The number of halogens is 3. The zero-order valence-electron chi connectivity index (χ0n) is 16.1. The number of nitrogens with zero attached hydrogens (tertiary/aromatic N) is 3. The molecule has 1 aromatic heterocycles. The fraction of sp³-hybridized carbons (Fsp3) is 0.353. The van der Waals surface area contributed by atoms with E-state index in [4.69, 9.17) is 0 Å². The van der Waals surface area contributed by atoms with E-state index in [0.717, 1.165) is 14.2 Å². The van der Waals surface area contributed by atoms with Gasteiger partial charge in [-0.1, -0.05) is 5.16 Å². The number of methoxy groups -OCH3 is 2. The molecular formula is C17H17F3N4O6. The van der Waals surface area contributed by atoms with Gasteiger partial charge in [0.05, 0.1) is 38.4 Å². The van der Waals surface area contributed by atoms with Crippen LogP contribution in [0.3, 0.4) is 0 Å². The molecule has 30 heavy (non-hydrogen) atoms. The first kappa shape index (κ1) is 22.8. The van der Waals surface area contributed by atoms with Crippen molar-refractivity contribution in [3.63, 3.8) is 0 Å². The van der Waals surface area contributed by atoms with Crippen LogP contribution in [0.1, 0.15) is 32.4 Å². The lowest BCUT2D eigenvalue weighted by atomic mass is 10.1. The van der Waals surface area contributed by atoms with E-state index >= 15 is 0 Å². The first-order chi connectivity index (χ1) is 14.0. The van der Waals surface area contributed by atoms with Crippen molar-refractivity contribution in [2.24, 2.45) is 0 Å². The number of likely N-dealkylation sites (N-methyl/N-ethyl adjacent to an activating group) is 1. The predicted octanol–water partition coefficient (Wildman–Crippen LogP) is 1.73. The molecule has 1 aromatic carbocycles. The minimum atomic E-state index is -4.74. The molecular weight excluding hydrogens is 413 g/mol. The number of anilines is 1. The van der Waals surface area contributed by atoms with Gasteiger partial charge in [-0.05, 0) is 25.2 Å². The van der Waals surface area contributed by atoms with E-state index in [-0.39, 0.29) is 35.8 Å². The largest absolute Gasteiger partial charge is 0.465 e. The molecule has 0 aliphatic carbocycles. The molecule has 0 saturated heterocycles. The molecule has 0 radical (unpaired) electrons. The number of amides is 1. The van der Waals surface area contributed by atoms with Crippen molar-refractivity contribution in [2.45, 2.75) is 12.7 Å². The lowest BCUT2D eigenvalue weighted by Gasteiger charge is -2.14. The number of benzene rings is 1. The van der Waals surface area contributed by atoms with Crippen molar-refractivity contribution >= 4 is 23.5 Å². The average Bonchev–Trinajstić information content (AvgIpc) is 3.14. The molecule has 0 unspecified atom stereocenters. The number of carbonyl (C=O) groups is 3. The van der Waals surface area contributed by atoms with Gasteiger partial charge in [0.1, 0.15) is 0 Å². The molecule has 162 valence electrons. The molecule has 2 aromatic rings. The van der Waals surface area contributed by atoms with E-state index in [9.17, 15) is 27.6 Å². The second kappa shape index (κ2) is 9.35. The van der Waals surface area contributed by atoms with E-state index in [1.807, 2.05) is 0 Å². The number of esters is 2. The van der Waals surface area contributed by atoms with Crippen LogP contribution >= 0.6 is 0 Å². The Bertz CT molecular complexity index is 910. The lowest BCUT2D eigenvalue weighted by Crippen LogP contribution is -2.30. The van der Waals surface area contributed by atoms with Crippen LogP contribution in [0, 0.1) is 0 Å². The van der Waals surface area contributed by atoms with Gasteiger partial charge in [0.15, 0.2) is 0 Å². The summed E-state index contributed by atoms with van der Waals surface area (Å²) in [5.74, 6) is -3.77. The average molecular weight is 430 g/mol. The smallest absolute Gasteiger partial charge is 0.455 e. The zero-order valence-corrected chi connectivity index (χ0v) is 16.1. The zero-order chi connectivity index (χ0) is 22.5. The van der Waals surface area contributed by atoms with Crippen molar-refractivity contribution in [1.82, 2.24) is 15.0 Å². The highest BCUT2D eigenvalue weighted by Crippen LogP contribution is 2.26. The monoisotopic (exact) mass is 430 g/mol. The first-order valence-corrected chi connectivity index (χ1v) is 8.23. The van der Waals surface area contributed by atoms with Crippen LogP contribution in [0.5, 0.6) is 0 Å². The molecule has 0 aliphatic rings. The lowest BCUT2D eigenvalue weighted by molar-refractivity contribution is -0.146. The highest BCUT2D eigenvalue weighted by molar-refractivity contribution is 5.99. The predicted molar refractivity (Wildman–Crippen MR) is 93.4 cm³/mol. The summed E-state index contributed by atoms with van der Waals surface area (Å²) in [6.07, 6.45) is -4.74. The van der Waals surface area contributed by atoms with Crippen LogP contribution in [0.4, 0.5) is 18.9 Å². The van der Waals surface area contributed by atoms with E-state index < -0.39 is 29.8 Å². The maximum Gasteiger partial charge on any atom is 0.455 e. The van der Waals surface area contributed by atoms with Crippen LogP contribution in [0.25, 0.3) is 0 Å². The molecule has 0 saturated carbocycles. The van der Waals surface area contributed by atoms with E-state index in [1.54, 1.807) is 0 Å². The minimum Gasteiger partial charge on any atom is -0.465 e. The summed E-state index contributed by atoms with van der Waals surface area (Å²) in [4.78, 5) is 40.3. The minimum absolute atomic E-state index is 0.00888. The SMILES string of the molecule is COC(=O)c1cc(NC(=O)CN(C)Cc2nc(C(F)(F)F)no2)cc(C(=O)OC)c1. The van der Waals surface area contributed by atoms with Gasteiger partial charge >= 0.3 is 18.1 Å². The first-order valence-electron chi connectivity index (χ1n) is 8.23. The van der Waals surface area contributed by atoms with Crippen molar-refractivity contribution in [2.75, 3.05) is 33.1 Å². The van der Waals surface area contributed by atoms with Gasteiger partial charge in [0.2, 0.25) is 11.8 Å². The topological polar surface area (TPSA) is 124 Å². The quantitative estimate of drug-likeness (QED) is 0.654. The van der Waals surface area contributed by atoms with Crippen LogP contribution in [-0.2, 0) is 27.0 Å². The van der Waals surface area contributed by atoms with Crippen LogP contribution in [0.15, 0.2) is 22.7 Å². The molecule has 1 heterocycles. The summed E-state index contributed by atoms with van der Waals surface area (Å²) >= 11 is 0.